The van der Waals surface area contributed by atoms with Crippen molar-refractivity contribution in [1.82, 2.24) is 30.0 Å². The number of carbonyl (C=O) groups excluding carboxylic acids is 2. The van der Waals surface area contributed by atoms with Crippen molar-refractivity contribution in [2.75, 3.05) is 0 Å². The minimum Gasteiger partial charge on any atom is -0.299 e. The van der Waals surface area contributed by atoms with Gasteiger partial charge in [-0.15, -0.1) is 10.2 Å². The minimum absolute atomic E-state index is 0.169. The second-order valence-electron chi connectivity index (χ2n) is 17.8. The van der Waals surface area contributed by atoms with Gasteiger partial charge in [0.05, 0.1) is 11.4 Å². The summed E-state index contributed by atoms with van der Waals surface area (Å²) in [5, 5.41) is 17.4. The second-order valence-corrected chi connectivity index (χ2v) is 17.8. The first-order valence-electron chi connectivity index (χ1n) is 20.5. The molecule has 2 aromatic rings. The van der Waals surface area contributed by atoms with E-state index in [0.29, 0.717) is 35.2 Å². The lowest BCUT2D eigenvalue weighted by Crippen LogP contribution is -2.31. The summed E-state index contributed by atoms with van der Waals surface area (Å²) in [6.07, 6.45) is 22.2. The Morgan fingerprint density at radius 3 is 1.14 bits per heavy atom. The van der Waals surface area contributed by atoms with Gasteiger partial charge in [0.25, 0.3) is 0 Å². The van der Waals surface area contributed by atoms with Crippen LogP contribution in [0.2, 0.25) is 0 Å². The number of rotatable bonds is 29. The van der Waals surface area contributed by atoms with E-state index in [-0.39, 0.29) is 10.8 Å². The molecule has 0 unspecified atom stereocenters. The molecule has 0 spiro atoms. The quantitative estimate of drug-likeness (QED) is 0.0786. The molecule has 286 valence electrons. The number of aryl methyl sites for hydroxylation is 4. The van der Waals surface area contributed by atoms with Gasteiger partial charge in [-0.1, -0.05) is 118 Å². The molecule has 0 aliphatic heterocycles. The highest BCUT2D eigenvalue weighted by Gasteiger charge is 2.34. The normalized spacial score (nSPS) is 12.7. The maximum Gasteiger partial charge on any atom is 0.138 e. The fourth-order valence-electron chi connectivity index (χ4n) is 8.39. The zero-order valence-electron chi connectivity index (χ0n) is 34.1. The average molecular weight is 697 g/mol. The summed E-state index contributed by atoms with van der Waals surface area (Å²) < 4.78 is 3.93. The van der Waals surface area contributed by atoms with Crippen LogP contribution in [0.25, 0.3) is 0 Å². The first kappa shape index (κ1) is 43.8. The fraction of sp³-hybridized carbons (Fsp3) is 0.857. The zero-order chi connectivity index (χ0) is 37.2. The van der Waals surface area contributed by atoms with Crippen molar-refractivity contribution in [1.29, 1.82) is 0 Å². The first-order valence-corrected chi connectivity index (χ1v) is 20.5. The lowest BCUT2D eigenvalue weighted by atomic mass is 9.71. The van der Waals surface area contributed by atoms with Crippen LogP contribution in [0, 0.1) is 34.5 Å². The van der Waals surface area contributed by atoms with Crippen LogP contribution in [0.1, 0.15) is 183 Å². The van der Waals surface area contributed by atoms with Gasteiger partial charge in [0, 0.05) is 49.2 Å². The summed E-state index contributed by atoms with van der Waals surface area (Å²) in [6.45, 7) is 24.0. The number of hydrogen-bond acceptors (Lipinski definition) is 6. The molecule has 0 saturated carbocycles. The van der Waals surface area contributed by atoms with Gasteiger partial charge in [-0.05, 0) is 87.9 Å². The van der Waals surface area contributed by atoms with Crippen molar-refractivity contribution >= 4 is 11.6 Å². The van der Waals surface area contributed by atoms with Gasteiger partial charge >= 0.3 is 0 Å². The number of carbonyl (C=O) groups is 2. The molecule has 0 N–H and O–H groups in total. The molecule has 8 heteroatoms. The van der Waals surface area contributed by atoms with Crippen LogP contribution in [-0.2, 0) is 35.5 Å². The Morgan fingerprint density at radius 1 is 0.520 bits per heavy atom. The molecule has 2 rings (SSSR count). The number of nitrogens with zero attached hydrogens (tertiary/aromatic N) is 6. The van der Waals surface area contributed by atoms with Crippen LogP contribution in [-0.4, -0.2) is 41.6 Å². The van der Waals surface area contributed by atoms with E-state index in [0.717, 1.165) is 140 Å². The van der Waals surface area contributed by atoms with Crippen molar-refractivity contribution in [2.45, 2.75) is 198 Å². The summed E-state index contributed by atoms with van der Waals surface area (Å²) in [7, 11) is 0. The molecule has 0 fully saturated rings. The molecule has 2 heterocycles. The zero-order valence-corrected chi connectivity index (χ0v) is 34.1. The lowest BCUT2D eigenvalue weighted by Gasteiger charge is -2.32. The van der Waals surface area contributed by atoms with E-state index >= 15 is 0 Å². The van der Waals surface area contributed by atoms with Crippen molar-refractivity contribution in [2.24, 2.45) is 34.5 Å². The van der Waals surface area contributed by atoms with Crippen LogP contribution in [0.15, 0.2) is 12.4 Å². The van der Waals surface area contributed by atoms with Gasteiger partial charge in [-0.25, -0.2) is 0 Å². The predicted molar refractivity (Wildman–Crippen MR) is 207 cm³/mol. The average Bonchev–Trinajstić information content (AvgIpc) is 3.66. The highest BCUT2D eigenvalue weighted by Crippen LogP contribution is 2.37. The van der Waals surface area contributed by atoms with Crippen LogP contribution in [0.4, 0.5) is 0 Å². The molecule has 2 aromatic heterocycles. The maximum absolute atomic E-state index is 13.1. The Morgan fingerprint density at radius 2 is 0.820 bits per heavy atom. The molecular weight excluding hydrogens is 621 g/mol. The molecule has 0 saturated heterocycles. The Kier molecular flexibility index (Phi) is 19.7. The van der Waals surface area contributed by atoms with E-state index < -0.39 is 0 Å². The van der Waals surface area contributed by atoms with Crippen LogP contribution >= 0.6 is 0 Å². The molecule has 0 aliphatic carbocycles. The second kappa shape index (κ2) is 22.5. The van der Waals surface area contributed by atoms with Crippen molar-refractivity contribution in [3.05, 3.63) is 23.8 Å². The van der Waals surface area contributed by atoms with Crippen LogP contribution < -0.4 is 0 Å². The third-order valence-electron chi connectivity index (χ3n) is 10.2. The molecular formula is C42H76N6O2. The molecule has 50 heavy (non-hydrogen) atoms. The van der Waals surface area contributed by atoms with E-state index in [1.165, 1.54) is 0 Å². The van der Waals surface area contributed by atoms with E-state index in [4.69, 9.17) is 0 Å². The smallest absolute Gasteiger partial charge is 0.138 e. The van der Waals surface area contributed by atoms with Gasteiger partial charge in [0.15, 0.2) is 0 Å². The molecule has 8 nitrogen and oxygen atoms in total. The van der Waals surface area contributed by atoms with E-state index in [2.05, 4.69) is 102 Å². The van der Waals surface area contributed by atoms with Gasteiger partial charge in [0.2, 0.25) is 0 Å². The molecule has 0 aliphatic rings. The highest BCUT2D eigenvalue weighted by molar-refractivity contribution is 5.84. The maximum atomic E-state index is 13.1. The fourth-order valence-corrected chi connectivity index (χ4v) is 8.39. The topological polar surface area (TPSA) is 95.6 Å². The predicted octanol–water partition coefficient (Wildman–Crippen LogP) is 10.7. The number of hydrogen-bond donors (Lipinski definition) is 0. The number of unbranched alkanes of at least 4 members (excludes halogenated alkanes) is 8. The third kappa shape index (κ3) is 17.2. The Hall–Kier alpha value is -2.38. The van der Waals surface area contributed by atoms with E-state index in [1.807, 2.05) is 9.36 Å². The summed E-state index contributed by atoms with van der Waals surface area (Å²) >= 11 is 0. The van der Waals surface area contributed by atoms with Crippen LogP contribution in [0.5, 0.6) is 0 Å². The number of ketones is 2. The third-order valence-corrected chi connectivity index (χ3v) is 10.2. The molecule has 0 aromatic carbocycles. The van der Waals surface area contributed by atoms with Gasteiger partial charge in [0.1, 0.15) is 11.6 Å². The van der Waals surface area contributed by atoms with E-state index in [9.17, 15) is 9.59 Å². The largest absolute Gasteiger partial charge is 0.299 e. The van der Waals surface area contributed by atoms with Gasteiger partial charge < -0.3 is 0 Å². The van der Waals surface area contributed by atoms with Crippen molar-refractivity contribution in [3.63, 3.8) is 0 Å². The van der Waals surface area contributed by atoms with E-state index in [1.54, 1.807) is 0 Å². The standard InChI is InChI=1S/C42H76N6O2/c1-33(2)27-41(9,28-34(3)4)39(49)21-17-13-11-15-19-25-47-31-37(43-45-47)23-24-38-32-48(46-44-38)26-20-16-12-14-18-22-40(50)42(10,29-35(5)6)30-36(7)8/h31-36H,11-30H2,1-10H3. The summed E-state index contributed by atoms with van der Waals surface area (Å²) in [5.74, 6) is 3.13. The number of Topliss-reactive ketones (excluding diaryl/α,β-unsaturated/α-hetero) is 2. The first-order chi connectivity index (χ1) is 23.6. The van der Waals surface area contributed by atoms with Crippen molar-refractivity contribution < 1.29 is 9.59 Å². The minimum atomic E-state index is -0.169. The Balaban J connectivity index is 1.57. The van der Waals surface area contributed by atoms with Crippen molar-refractivity contribution in [3.8, 4) is 0 Å². The van der Waals surface area contributed by atoms with Gasteiger partial charge in [-0.3, -0.25) is 19.0 Å². The summed E-state index contributed by atoms with van der Waals surface area (Å²) in [4.78, 5) is 26.2. The Bertz CT molecular complexity index is 1110. The summed E-state index contributed by atoms with van der Waals surface area (Å²) in [5.41, 5.74) is 1.65. The van der Waals surface area contributed by atoms with Gasteiger partial charge in [-0.2, -0.15) is 0 Å². The molecule has 0 radical (unpaired) electrons. The summed E-state index contributed by atoms with van der Waals surface area (Å²) in [6, 6.07) is 0. The Labute approximate surface area is 306 Å². The SMILES string of the molecule is CC(C)CC(C)(CC(C)C)C(=O)CCCCCCCn1cc(CCc2cn(CCCCCCCC(=O)C(C)(CC(C)C)CC(C)C)nn2)nn1. The monoisotopic (exact) mass is 697 g/mol. The molecule has 0 bridgehead atoms. The number of aromatic nitrogens is 6. The van der Waals surface area contributed by atoms with Crippen LogP contribution in [0.3, 0.4) is 0 Å². The highest BCUT2D eigenvalue weighted by atomic mass is 16.1. The molecule has 0 amide bonds. The molecule has 0 atom stereocenters. The lowest BCUT2D eigenvalue weighted by molar-refractivity contribution is -0.130.